The molecule has 0 saturated carbocycles. The van der Waals surface area contributed by atoms with E-state index in [-0.39, 0.29) is 0 Å². The fourth-order valence-electron chi connectivity index (χ4n) is 2.07. The minimum absolute atomic E-state index is 0.490. The van der Waals surface area contributed by atoms with Gasteiger partial charge in [-0.25, -0.2) is 0 Å². The molecule has 0 radical (unpaired) electrons. The topological polar surface area (TPSA) is 73.6 Å². The lowest BCUT2D eigenvalue weighted by molar-refractivity contribution is 0.435. The van der Waals surface area contributed by atoms with Gasteiger partial charge >= 0.3 is 0 Å². The molecule has 1 heterocycles. The van der Waals surface area contributed by atoms with Crippen LogP contribution in [0.3, 0.4) is 0 Å². The van der Waals surface area contributed by atoms with Crippen LogP contribution in [0.2, 0.25) is 5.02 Å². The summed E-state index contributed by atoms with van der Waals surface area (Å²) in [5.74, 6) is 0.533. The molecule has 0 aliphatic heterocycles. The first-order valence-corrected chi connectivity index (χ1v) is 6.76. The maximum Gasteiger partial charge on any atom is 0.167 e. The summed E-state index contributed by atoms with van der Waals surface area (Å²) < 4.78 is 5.33. The number of halogens is 1. The van der Waals surface area contributed by atoms with Gasteiger partial charge in [0.25, 0.3) is 0 Å². The van der Waals surface area contributed by atoms with Gasteiger partial charge in [-0.05, 0) is 30.3 Å². The molecule has 3 aromatic rings. The van der Waals surface area contributed by atoms with Crippen LogP contribution in [0.25, 0.3) is 22.6 Å². The molecule has 3 rings (SSSR count). The molecule has 0 bridgehead atoms. The van der Waals surface area contributed by atoms with E-state index in [9.17, 15) is 0 Å². The minimum atomic E-state index is 0.490. The molecule has 0 unspecified atom stereocenters. The first-order chi connectivity index (χ1) is 10.7. The highest BCUT2D eigenvalue weighted by Crippen LogP contribution is 2.31. The molecule has 0 aliphatic carbocycles. The molecular formula is C17H8ClN3O. The summed E-state index contributed by atoms with van der Waals surface area (Å²) in [4.78, 5) is 0. The van der Waals surface area contributed by atoms with Crippen LogP contribution >= 0.6 is 11.6 Å². The molecule has 0 N–H and O–H groups in total. The Morgan fingerprint density at radius 1 is 0.955 bits per heavy atom. The van der Waals surface area contributed by atoms with Gasteiger partial charge in [-0.15, -0.1) is 0 Å². The number of nitriles is 2. The second-order valence-corrected chi connectivity index (χ2v) is 4.98. The Bertz CT molecular complexity index is 932. The van der Waals surface area contributed by atoms with Gasteiger partial charge in [0.15, 0.2) is 5.76 Å². The van der Waals surface area contributed by atoms with Gasteiger partial charge in [0, 0.05) is 17.2 Å². The van der Waals surface area contributed by atoms with Gasteiger partial charge in [-0.2, -0.15) is 10.5 Å². The smallest absolute Gasteiger partial charge is 0.167 e. The second-order valence-electron chi connectivity index (χ2n) is 4.58. The van der Waals surface area contributed by atoms with Crippen LogP contribution in [0.4, 0.5) is 0 Å². The van der Waals surface area contributed by atoms with Crippen molar-refractivity contribution in [3.05, 3.63) is 64.7 Å². The van der Waals surface area contributed by atoms with Crippen LogP contribution in [0, 0.1) is 22.7 Å². The van der Waals surface area contributed by atoms with E-state index in [1.54, 1.807) is 42.5 Å². The van der Waals surface area contributed by atoms with E-state index >= 15 is 0 Å². The Balaban J connectivity index is 2.04. The lowest BCUT2D eigenvalue weighted by atomic mass is 10.1. The van der Waals surface area contributed by atoms with E-state index in [0.717, 1.165) is 5.56 Å². The summed E-state index contributed by atoms with van der Waals surface area (Å²) in [5, 5.41) is 22.4. The van der Waals surface area contributed by atoms with Crippen molar-refractivity contribution in [2.45, 2.75) is 0 Å². The molecule has 2 aromatic carbocycles. The van der Waals surface area contributed by atoms with E-state index in [4.69, 9.17) is 26.6 Å². The normalized spacial score (nSPS) is 9.95. The molecule has 5 heteroatoms. The maximum absolute atomic E-state index is 8.97. The SMILES string of the molecule is N#Cc1cccc(-c2cc(-c3cc(C#N)ccc3Cl)no2)c1. The molecule has 104 valence electrons. The third-order valence-electron chi connectivity index (χ3n) is 3.16. The molecular weight excluding hydrogens is 298 g/mol. The third kappa shape index (κ3) is 2.56. The Hall–Kier alpha value is -3.08. The fourth-order valence-corrected chi connectivity index (χ4v) is 2.29. The first-order valence-electron chi connectivity index (χ1n) is 6.38. The van der Waals surface area contributed by atoms with Gasteiger partial charge in [-0.3, -0.25) is 0 Å². The molecule has 0 amide bonds. The highest BCUT2D eigenvalue weighted by Gasteiger charge is 2.12. The molecule has 0 aliphatic rings. The average molecular weight is 306 g/mol. The third-order valence-corrected chi connectivity index (χ3v) is 3.49. The zero-order valence-corrected chi connectivity index (χ0v) is 12.0. The van der Waals surface area contributed by atoms with E-state index in [0.29, 0.717) is 33.2 Å². The van der Waals surface area contributed by atoms with Crippen molar-refractivity contribution in [1.29, 1.82) is 10.5 Å². The van der Waals surface area contributed by atoms with Gasteiger partial charge < -0.3 is 4.52 Å². The number of rotatable bonds is 2. The average Bonchev–Trinajstić information content (AvgIpc) is 3.05. The van der Waals surface area contributed by atoms with Crippen LogP contribution in [-0.4, -0.2) is 5.16 Å². The number of hydrogen-bond acceptors (Lipinski definition) is 4. The molecule has 4 nitrogen and oxygen atoms in total. The van der Waals surface area contributed by atoms with Crippen molar-refractivity contribution in [3.8, 4) is 34.7 Å². The van der Waals surface area contributed by atoms with Crippen molar-refractivity contribution in [3.63, 3.8) is 0 Å². The molecule has 1 aromatic heterocycles. The van der Waals surface area contributed by atoms with Crippen LogP contribution in [-0.2, 0) is 0 Å². The quantitative estimate of drug-likeness (QED) is 0.703. The number of hydrogen-bond donors (Lipinski definition) is 0. The van der Waals surface area contributed by atoms with Gasteiger partial charge in [-0.1, -0.05) is 28.9 Å². The van der Waals surface area contributed by atoms with Crippen molar-refractivity contribution in [2.75, 3.05) is 0 Å². The van der Waals surface area contributed by atoms with Gasteiger partial charge in [0.2, 0.25) is 0 Å². The second kappa shape index (κ2) is 5.73. The summed E-state index contributed by atoms with van der Waals surface area (Å²) >= 11 is 6.16. The lowest BCUT2D eigenvalue weighted by Crippen LogP contribution is -1.82. The summed E-state index contributed by atoms with van der Waals surface area (Å²) in [6.07, 6.45) is 0. The number of aromatic nitrogens is 1. The summed E-state index contributed by atoms with van der Waals surface area (Å²) in [6.45, 7) is 0. The fraction of sp³-hybridized carbons (Fsp3) is 0. The van der Waals surface area contributed by atoms with E-state index in [1.807, 2.05) is 6.07 Å². The van der Waals surface area contributed by atoms with Crippen LogP contribution in [0.15, 0.2) is 53.1 Å². The largest absolute Gasteiger partial charge is 0.356 e. The van der Waals surface area contributed by atoms with Crippen molar-refractivity contribution < 1.29 is 4.52 Å². The van der Waals surface area contributed by atoms with Crippen LogP contribution in [0.5, 0.6) is 0 Å². The van der Waals surface area contributed by atoms with Gasteiger partial charge in [0.05, 0.1) is 28.3 Å². The highest BCUT2D eigenvalue weighted by molar-refractivity contribution is 6.33. The number of benzene rings is 2. The van der Waals surface area contributed by atoms with E-state index in [1.165, 1.54) is 0 Å². The van der Waals surface area contributed by atoms with E-state index < -0.39 is 0 Å². The molecule has 0 atom stereocenters. The Labute approximate surface area is 131 Å². The Morgan fingerprint density at radius 2 is 1.73 bits per heavy atom. The predicted octanol–water partition coefficient (Wildman–Crippen LogP) is 4.41. The molecule has 0 spiro atoms. The maximum atomic E-state index is 8.97. The Morgan fingerprint density at radius 3 is 2.50 bits per heavy atom. The summed E-state index contributed by atoms with van der Waals surface area (Å²) in [5.41, 5.74) is 2.97. The van der Waals surface area contributed by atoms with Crippen molar-refractivity contribution >= 4 is 11.6 Å². The predicted molar refractivity (Wildman–Crippen MR) is 81.8 cm³/mol. The van der Waals surface area contributed by atoms with Crippen LogP contribution < -0.4 is 0 Å². The first kappa shape index (κ1) is 13.9. The zero-order chi connectivity index (χ0) is 15.5. The Kier molecular flexibility index (Phi) is 3.62. The standard InChI is InChI=1S/C17H8ClN3O/c18-15-5-4-12(10-20)7-14(15)16-8-17(22-21-16)13-3-1-2-11(6-13)9-19/h1-8H. The zero-order valence-electron chi connectivity index (χ0n) is 11.2. The van der Waals surface area contributed by atoms with Crippen molar-refractivity contribution in [2.24, 2.45) is 0 Å². The monoisotopic (exact) mass is 305 g/mol. The van der Waals surface area contributed by atoms with Crippen LogP contribution in [0.1, 0.15) is 11.1 Å². The minimum Gasteiger partial charge on any atom is -0.356 e. The van der Waals surface area contributed by atoms with Gasteiger partial charge in [0.1, 0.15) is 5.69 Å². The lowest BCUT2D eigenvalue weighted by Gasteiger charge is -1.99. The molecule has 0 saturated heterocycles. The summed E-state index contributed by atoms with van der Waals surface area (Å²) in [7, 11) is 0. The highest BCUT2D eigenvalue weighted by atomic mass is 35.5. The van der Waals surface area contributed by atoms with E-state index in [2.05, 4.69) is 17.3 Å². The van der Waals surface area contributed by atoms with Crippen molar-refractivity contribution in [1.82, 2.24) is 5.16 Å². The molecule has 0 fully saturated rings. The number of nitrogens with zero attached hydrogens (tertiary/aromatic N) is 3. The molecule has 22 heavy (non-hydrogen) atoms. The summed E-state index contributed by atoms with van der Waals surface area (Å²) in [6, 6.07) is 17.9.